The molecule has 0 spiro atoms. The number of nitrogens with one attached hydrogen (secondary N) is 1. The van der Waals surface area contributed by atoms with E-state index in [0.717, 1.165) is 18.9 Å². The van der Waals surface area contributed by atoms with Gasteiger partial charge < -0.3 is 15.0 Å². The molecule has 1 aliphatic heterocycles. The number of hydrogen-bond acceptors (Lipinski definition) is 3. The molecule has 0 aromatic carbocycles. The molecular formula is C15H20F3N3O2. The first-order chi connectivity index (χ1) is 10.8. The van der Waals surface area contributed by atoms with E-state index in [1.165, 1.54) is 17.2 Å². The molecule has 1 aromatic heterocycles. The minimum Gasteiger partial charge on any atom is -0.470 e. The van der Waals surface area contributed by atoms with E-state index in [2.05, 4.69) is 10.3 Å². The average molecular weight is 331 g/mol. The molecule has 0 bridgehead atoms. The molecule has 0 aliphatic carbocycles. The molecule has 128 valence electrons. The summed E-state index contributed by atoms with van der Waals surface area (Å²) >= 11 is 0. The first kappa shape index (κ1) is 17.4. The number of amides is 2. The van der Waals surface area contributed by atoms with Crippen molar-refractivity contribution in [2.45, 2.75) is 45.0 Å². The number of likely N-dealkylation sites (tertiary alicyclic amines) is 1. The van der Waals surface area contributed by atoms with Crippen LogP contribution in [0, 0.1) is 0 Å². The Labute approximate surface area is 132 Å². The summed E-state index contributed by atoms with van der Waals surface area (Å²) in [5.74, 6) is -0.440. The monoisotopic (exact) mass is 331 g/mol. The number of nitrogens with zero attached hydrogens (tertiary/aromatic N) is 2. The van der Waals surface area contributed by atoms with Crippen LogP contribution in [-0.2, 0) is 6.18 Å². The third-order valence-corrected chi connectivity index (χ3v) is 3.80. The number of pyridine rings is 1. The van der Waals surface area contributed by atoms with Crippen LogP contribution in [0.5, 0.6) is 5.88 Å². The Morgan fingerprint density at radius 3 is 2.65 bits per heavy atom. The summed E-state index contributed by atoms with van der Waals surface area (Å²) in [4.78, 5) is 17.1. The Balaban J connectivity index is 1.88. The summed E-state index contributed by atoms with van der Waals surface area (Å²) in [5.41, 5.74) is -0.903. The summed E-state index contributed by atoms with van der Waals surface area (Å²) in [6, 6.07) is 2.04. The molecule has 1 aromatic rings. The van der Waals surface area contributed by atoms with Gasteiger partial charge in [-0.2, -0.15) is 13.2 Å². The van der Waals surface area contributed by atoms with Gasteiger partial charge in [0.2, 0.25) is 5.88 Å². The van der Waals surface area contributed by atoms with Crippen molar-refractivity contribution in [3.8, 4) is 5.88 Å². The zero-order valence-electron chi connectivity index (χ0n) is 13.1. The van der Waals surface area contributed by atoms with Crippen molar-refractivity contribution in [2.24, 2.45) is 0 Å². The van der Waals surface area contributed by atoms with Crippen LogP contribution in [-0.4, -0.2) is 41.2 Å². The van der Waals surface area contributed by atoms with Crippen LogP contribution < -0.4 is 10.1 Å². The van der Waals surface area contributed by atoms with Gasteiger partial charge in [0.25, 0.3) is 0 Å². The average Bonchev–Trinajstić information content (AvgIpc) is 2.47. The number of hydrogen-bond donors (Lipinski definition) is 1. The lowest BCUT2D eigenvalue weighted by Crippen LogP contribution is -2.60. The highest BCUT2D eigenvalue weighted by molar-refractivity contribution is 5.75. The molecule has 2 amide bonds. The fourth-order valence-electron chi connectivity index (χ4n) is 2.30. The van der Waals surface area contributed by atoms with E-state index in [1.54, 1.807) is 0 Å². The van der Waals surface area contributed by atoms with Crippen LogP contribution >= 0.6 is 0 Å². The Hall–Kier alpha value is -1.99. The Morgan fingerprint density at radius 2 is 2.09 bits per heavy atom. The fourth-order valence-corrected chi connectivity index (χ4v) is 2.30. The molecule has 0 radical (unpaired) electrons. The van der Waals surface area contributed by atoms with E-state index in [9.17, 15) is 18.0 Å². The zero-order valence-corrected chi connectivity index (χ0v) is 13.1. The summed E-state index contributed by atoms with van der Waals surface area (Å²) in [7, 11) is 0. The SMILES string of the molecule is CCC(CC)NC(=O)N1CC(Oc2ncccc2C(F)(F)F)C1. The van der Waals surface area contributed by atoms with Gasteiger partial charge in [0.15, 0.2) is 0 Å². The van der Waals surface area contributed by atoms with Crippen LogP contribution in [0.3, 0.4) is 0 Å². The Morgan fingerprint density at radius 1 is 1.43 bits per heavy atom. The normalized spacial score (nSPS) is 15.5. The molecule has 1 N–H and O–H groups in total. The molecule has 0 saturated carbocycles. The standard InChI is InChI=1S/C15H20F3N3O2/c1-3-10(4-2)20-14(22)21-8-11(9-21)23-13-12(15(16,17)18)6-5-7-19-13/h5-7,10-11H,3-4,8-9H2,1-2H3,(H,20,22). The van der Waals surface area contributed by atoms with E-state index in [4.69, 9.17) is 4.74 Å². The molecule has 1 fully saturated rings. The summed E-state index contributed by atoms with van der Waals surface area (Å²) in [6.45, 7) is 4.46. The van der Waals surface area contributed by atoms with Gasteiger partial charge in [-0.15, -0.1) is 0 Å². The second kappa shape index (κ2) is 7.06. The van der Waals surface area contributed by atoms with E-state index >= 15 is 0 Å². The van der Waals surface area contributed by atoms with Crippen molar-refractivity contribution < 1.29 is 22.7 Å². The van der Waals surface area contributed by atoms with Gasteiger partial charge in [-0.05, 0) is 25.0 Å². The molecule has 0 unspecified atom stereocenters. The van der Waals surface area contributed by atoms with Gasteiger partial charge in [-0.3, -0.25) is 0 Å². The molecule has 1 saturated heterocycles. The molecule has 8 heteroatoms. The largest absolute Gasteiger partial charge is 0.470 e. The lowest BCUT2D eigenvalue weighted by Gasteiger charge is -2.39. The second-order valence-electron chi connectivity index (χ2n) is 5.46. The van der Waals surface area contributed by atoms with E-state index in [1.807, 2.05) is 13.8 Å². The molecule has 5 nitrogen and oxygen atoms in total. The third-order valence-electron chi connectivity index (χ3n) is 3.80. The maximum atomic E-state index is 12.9. The van der Waals surface area contributed by atoms with Crippen molar-refractivity contribution >= 4 is 6.03 Å². The number of carbonyl (C=O) groups is 1. The summed E-state index contributed by atoms with van der Waals surface area (Å²) in [5, 5.41) is 2.87. The number of halogens is 3. The molecule has 1 aliphatic rings. The minimum atomic E-state index is -4.51. The maximum absolute atomic E-state index is 12.9. The number of rotatable bonds is 5. The third kappa shape index (κ3) is 4.27. The van der Waals surface area contributed by atoms with Crippen molar-refractivity contribution in [1.29, 1.82) is 0 Å². The summed E-state index contributed by atoms with van der Waals surface area (Å²) < 4.78 is 43.9. The number of alkyl halides is 3. The topological polar surface area (TPSA) is 54.5 Å². The Kier molecular flexibility index (Phi) is 5.33. The predicted octanol–water partition coefficient (Wildman–Crippen LogP) is 3.06. The minimum absolute atomic E-state index is 0.107. The molecule has 2 rings (SSSR count). The Bertz CT molecular complexity index is 541. The zero-order chi connectivity index (χ0) is 17.0. The number of carbonyl (C=O) groups excluding carboxylic acids is 1. The van der Waals surface area contributed by atoms with E-state index in [-0.39, 0.29) is 25.2 Å². The molecule has 0 atom stereocenters. The molecule has 2 heterocycles. The lowest BCUT2D eigenvalue weighted by atomic mass is 10.1. The predicted molar refractivity (Wildman–Crippen MR) is 78.1 cm³/mol. The van der Waals surface area contributed by atoms with Gasteiger partial charge in [-0.1, -0.05) is 13.8 Å². The number of ether oxygens (including phenoxy) is 1. The van der Waals surface area contributed by atoms with Crippen LogP contribution in [0.2, 0.25) is 0 Å². The van der Waals surface area contributed by atoms with Crippen molar-refractivity contribution in [2.75, 3.05) is 13.1 Å². The highest BCUT2D eigenvalue weighted by Gasteiger charge is 2.38. The lowest BCUT2D eigenvalue weighted by molar-refractivity contribution is -0.140. The van der Waals surface area contributed by atoms with E-state index < -0.39 is 23.7 Å². The maximum Gasteiger partial charge on any atom is 0.421 e. The molecule has 23 heavy (non-hydrogen) atoms. The number of urea groups is 1. The van der Waals surface area contributed by atoms with Crippen molar-refractivity contribution in [3.63, 3.8) is 0 Å². The van der Waals surface area contributed by atoms with Gasteiger partial charge >= 0.3 is 12.2 Å². The molecular weight excluding hydrogens is 311 g/mol. The highest BCUT2D eigenvalue weighted by atomic mass is 19.4. The van der Waals surface area contributed by atoms with Gasteiger partial charge in [-0.25, -0.2) is 9.78 Å². The van der Waals surface area contributed by atoms with Crippen molar-refractivity contribution in [3.05, 3.63) is 23.9 Å². The quantitative estimate of drug-likeness (QED) is 0.902. The van der Waals surface area contributed by atoms with Gasteiger partial charge in [0, 0.05) is 12.2 Å². The first-order valence-corrected chi connectivity index (χ1v) is 7.59. The fraction of sp³-hybridized carbons (Fsp3) is 0.600. The van der Waals surface area contributed by atoms with Gasteiger partial charge in [0.1, 0.15) is 11.7 Å². The summed E-state index contributed by atoms with van der Waals surface area (Å²) in [6.07, 6.45) is -2.07. The second-order valence-corrected chi connectivity index (χ2v) is 5.46. The highest BCUT2D eigenvalue weighted by Crippen LogP contribution is 2.35. The van der Waals surface area contributed by atoms with E-state index in [0.29, 0.717) is 0 Å². The van der Waals surface area contributed by atoms with Crippen molar-refractivity contribution in [1.82, 2.24) is 15.2 Å². The van der Waals surface area contributed by atoms with Gasteiger partial charge in [0.05, 0.1) is 13.1 Å². The van der Waals surface area contributed by atoms with Crippen LogP contribution in [0.15, 0.2) is 18.3 Å². The van der Waals surface area contributed by atoms with Crippen LogP contribution in [0.4, 0.5) is 18.0 Å². The first-order valence-electron chi connectivity index (χ1n) is 7.59. The smallest absolute Gasteiger partial charge is 0.421 e. The number of aromatic nitrogens is 1. The van der Waals surface area contributed by atoms with Crippen LogP contribution in [0.1, 0.15) is 32.3 Å². The van der Waals surface area contributed by atoms with Crippen LogP contribution in [0.25, 0.3) is 0 Å².